The molecule has 0 spiro atoms. The number of rotatable bonds is 8. The number of hydrogen-bond donors (Lipinski definition) is 2. The quantitative estimate of drug-likeness (QED) is 0.625. The zero-order chi connectivity index (χ0) is 20.7. The van der Waals surface area contributed by atoms with Gasteiger partial charge in [-0.1, -0.05) is 6.07 Å². The Kier molecular flexibility index (Phi) is 7.18. The highest BCUT2D eigenvalue weighted by molar-refractivity contribution is 7.89. The van der Waals surface area contributed by atoms with Crippen molar-refractivity contribution < 1.29 is 22.4 Å². The fraction of sp³-hybridized carbons (Fsp3) is 0.278. The van der Waals surface area contributed by atoms with Crippen molar-refractivity contribution >= 4 is 21.8 Å². The van der Waals surface area contributed by atoms with Gasteiger partial charge in [-0.3, -0.25) is 14.6 Å². The van der Waals surface area contributed by atoms with Gasteiger partial charge in [0.05, 0.1) is 6.54 Å². The van der Waals surface area contributed by atoms with Gasteiger partial charge in [0.2, 0.25) is 15.9 Å². The van der Waals surface area contributed by atoms with Crippen LogP contribution in [0.5, 0.6) is 0 Å². The molecule has 0 saturated heterocycles. The highest BCUT2D eigenvalue weighted by atomic mass is 32.2. The Hall–Kier alpha value is -2.85. The summed E-state index contributed by atoms with van der Waals surface area (Å²) < 4.78 is 39.0. The van der Waals surface area contributed by atoms with Gasteiger partial charge in [0.25, 0.3) is 5.91 Å². The monoisotopic (exact) mass is 408 g/mol. The minimum absolute atomic E-state index is 0.0112. The first-order chi connectivity index (χ1) is 13.2. The number of carbonyl (C=O) groups is 2. The van der Waals surface area contributed by atoms with E-state index in [1.54, 1.807) is 6.92 Å². The molecule has 0 aliphatic heterocycles. The smallest absolute Gasteiger partial charge is 0.251 e. The van der Waals surface area contributed by atoms with Crippen LogP contribution in [-0.2, 0) is 14.8 Å². The van der Waals surface area contributed by atoms with E-state index in [1.807, 2.05) is 0 Å². The Morgan fingerprint density at radius 2 is 1.89 bits per heavy atom. The summed E-state index contributed by atoms with van der Waals surface area (Å²) in [4.78, 5) is 27.6. The molecule has 0 radical (unpaired) electrons. The number of amides is 2. The molecule has 28 heavy (non-hydrogen) atoms. The number of hydrogen-bond acceptors (Lipinski definition) is 5. The predicted molar refractivity (Wildman–Crippen MR) is 101 cm³/mol. The maximum absolute atomic E-state index is 13.5. The van der Waals surface area contributed by atoms with Gasteiger partial charge < -0.3 is 10.6 Å². The number of aryl methyl sites for hydroxylation is 1. The molecule has 10 heteroatoms. The van der Waals surface area contributed by atoms with Gasteiger partial charge in [0.15, 0.2) is 0 Å². The summed E-state index contributed by atoms with van der Waals surface area (Å²) in [5.41, 5.74) is 0.617. The van der Waals surface area contributed by atoms with E-state index < -0.39 is 27.7 Å². The van der Waals surface area contributed by atoms with Crippen LogP contribution in [0, 0.1) is 12.7 Å². The second-order valence-corrected chi connectivity index (χ2v) is 8.06. The van der Waals surface area contributed by atoms with Crippen LogP contribution in [0.4, 0.5) is 4.39 Å². The third-order valence-electron chi connectivity index (χ3n) is 3.88. The Labute approximate surface area is 162 Å². The topological polar surface area (TPSA) is 108 Å². The fourth-order valence-corrected chi connectivity index (χ4v) is 3.33. The Balaban J connectivity index is 1.78. The first-order valence-electron chi connectivity index (χ1n) is 8.39. The van der Waals surface area contributed by atoms with E-state index in [2.05, 4.69) is 15.6 Å². The summed E-state index contributed by atoms with van der Waals surface area (Å²) in [6.07, 6.45) is 2.65. The first kappa shape index (κ1) is 21.5. The highest BCUT2D eigenvalue weighted by Gasteiger charge is 2.22. The molecule has 2 N–H and O–H groups in total. The van der Waals surface area contributed by atoms with E-state index in [1.165, 1.54) is 43.7 Å². The number of likely N-dealkylation sites (N-methyl/N-ethyl adjacent to an activating group) is 1. The molecule has 1 heterocycles. The van der Waals surface area contributed by atoms with Gasteiger partial charge in [0, 0.05) is 38.1 Å². The zero-order valence-corrected chi connectivity index (χ0v) is 16.3. The number of carbonyl (C=O) groups excluding carboxylic acids is 2. The molecule has 0 atom stereocenters. The van der Waals surface area contributed by atoms with E-state index in [4.69, 9.17) is 0 Å². The van der Waals surface area contributed by atoms with E-state index in [-0.39, 0.29) is 30.1 Å². The van der Waals surface area contributed by atoms with Crippen LogP contribution >= 0.6 is 0 Å². The van der Waals surface area contributed by atoms with Crippen molar-refractivity contribution in [1.29, 1.82) is 0 Å². The summed E-state index contributed by atoms with van der Waals surface area (Å²) in [6, 6.07) is 7.03. The third kappa shape index (κ3) is 5.57. The average Bonchev–Trinajstić information content (AvgIpc) is 2.67. The largest absolute Gasteiger partial charge is 0.353 e. The molecule has 2 amide bonds. The van der Waals surface area contributed by atoms with Crippen LogP contribution in [0.25, 0.3) is 0 Å². The fourth-order valence-electron chi connectivity index (χ4n) is 2.24. The molecule has 1 aromatic heterocycles. The standard InChI is InChI=1S/C18H21FN4O4S/c1-13-5-6-14(10-16(13)19)18(25)22-9-8-21-17(24)12-23(2)28(26,27)15-4-3-7-20-11-15/h3-7,10-11H,8-9,12H2,1-2H3,(H,21,24)(H,22,25). The summed E-state index contributed by atoms with van der Waals surface area (Å²) >= 11 is 0. The normalized spacial score (nSPS) is 11.3. The number of nitrogens with zero attached hydrogens (tertiary/aromatic N) is 2. The molecule has 0 saturated carbocycles. The molecule has 2 rings (SSSR count). The SMILES string of the molecule is Cc1ccc(C(=O)NCCNC(=O)CN(C)S(=O)(=O)c2cccnc2)cc1F. The van der Waals surface area contributed by atoms with Gasteiger partial charge in [-0.05, 0) is 36.8 Å². The van der Waals surface area contributed by atoms with Crippen LogP contribution in [0.1, 0.15) is 15.9 Å². The lowest BCUT2D eigenvalue weighted by atomic mass is 10.1. The van der Waals surface area contributed by atoms with Crippen molar-refractivity contribution in [3.63, 3.8) is 0 Å². The minimum Gasteiger partial charge on any atom is -0.353 e. The molecular formula is C18H21FN4O4S. The Morgan fingerprint density at radius 3 is 2.54 bits per heavy atom. The van der Waals surface area contributed by atoms with Crippen LogP contribution in [0.15, 0.2) is 47.6 Å². The first-order valence-corrected chi connectivity index (χ1v) is 9.83. The van der Waals surface area contributed by atoms with Crippen molar-refractivity contribution in [2.75, 3.05) is 26.7 Å². The molecule has 2 aromatic rings. The zero-order valence-electron chi connectivity index (χ0n) is 15.5. The molecule has 0 aliphatic carbocycles. The third-order valence-corrected chi connectivity index (χ3v) is 5.66. The minimum atomic E-state index is -3.82. The molecule has 0 aliphatic rings. The molecule has 1 aromatic carbocycles. The average molecular weight is 408 g/mol. The molecule has 150 valence electrons. The number of nitrogens with one attached hydrogen (secondary N) is 2. The number of aromatic nitrogens is 1. The van der Waals surface area contributed by atoms with Crippen LogP contribution < -0.4 is 10.6 Å². The van der Waals surface area contributed by atoms with Crippen LogP contribution in [0.3, 0.4) is 0 Å². The van der Waals surface area contributed by atoms with Gasteiger partial charge in [-0.25, -0.2) is 12.8 Å². The predicted octanol–water partition coefficient (Wildman–Crippen LogP) is 0.696. The second-order valence-electron chi connectivity index (χ2n) is 6.02. The van der Waals surface area contributed by atoms with Crippen molar-refractivity contribution in [3.05, 3.63) is 59.7 Å². The molecule has 0 bridgehead atoms. The lowest BCUT2D eigenvalue weighted by Gasteiger charge is -2.16. The Bertz CT molecular complexity index is 951. The number of benzene rings is 1. The molecule has 0 fully saturated rings. The lowest BCUT2D eigenvalue weighted by Crippen LogP contribution is -2.41. The highest BCUT2D eigenvalue weighted by Crippen LogP contribution is 2.11. The molecule has 8 nitrogen and oxygen atoms in total. The second kappa shape index (κ2) is 9.38. The van der Waals surface area contributed by atoms with Crippen molar-refractivity contribution in [3.8, 4) is 0 Å². The summed E-state index contributed by atoms with van der Waals surface area (Å²) in [5, 5.41) is 5.06. The molecule has 0 unspecified atom stereocenters. The van der Waals surface area contributed by atoms with Gasteiger partial charge in [-0.2, -0.15) is 4.31 Å². The summed E-state index contributed by atoms with van der Waals surface area (Å²) in [6.45, 7) is 1.42. The van der Waals surface area contributed by atoms with Gasteiger partial charge >= 0.3 is 0 Å². The Morgan fingerprint density at radius 1 is 1.18 bits per heavy atom. The van der Waals surface area contributed by atoms with Gasteiger partial charge in [0.1, 0.15) is 10.7 Å². The van der Waals surface area contributed by atoms with Crippen molar-refractivity contribution in [2.24, 2.45) is 0 Å². The van der Waals surface area contributed by atoms with Crippen molar-refractivity contribution in [2.45, 2.75) is 11.8 Å². The van der Waals surface area contributed by atoms with Crippen molar-refractivity contribution in [1.82, 2.24) is 19.9 Å². The molecular weight excluding hydrogens is 387 g/mol. The van der Waals surface area contributed by atoms with E-state index in [9.17, 15) is 22.4 Å². The number of sulfonamides is 1. The van der Waals surface area contributed by atoms with E-state index >= 15 is 0 Å². The van der Waals surface area contributed by atoms with Crippen LogP contribution in [0.2, 0.25) is 0 Å². The summed E-state index contributed by atoms with van der Waals surface area (Å²) in [7, 11) is -2.53. The van der Waals surface area contributed by atoms with E-state index in [0.29, 0.717) is 5.56 Å². The van der Waals surface area contributed by atoms with E-state index in [0.717, 1.165) is 10.4 Å². The maximum Gasteiger partial charge on any atom is 0.251 e. The number of pyridine rings is 1. The number of halogens is 1. The van der Waals surface area contributed by atoms with Crippen LogP contribution in [-0.4, -0.2) is 56.2 Å². The maximum atomic E-state index is 13.5. The lowest BCUT2D eigenvalue weighted by molar-refractivity contribution is -0.121. The summed E-state index contributed by atoms with van der Waals surface area (Å²) in [5.74, 6) is -1.46. The van der Waals surface area contributed by atoms with Gasteiger partial charge in [-0.15, -0.1) is 0 Å².